The molecule has 2 N–H and O–H groups in total. The van der Waals surface area contributed by atoms with E-state index in [1.54, 1.807) is 74.8 Å². The van der Waals surface area contributed by atoms with Gasteiger partial charge in [-0.2, -0.15) is 0 Å². The third-order valence-electron chi connectivity index (χ3n) is 12.8. The highest BCUT2D eigenvalue weighted by molar-refractivity contribution is 6.00. The largest absolute Gasteiger partial charge is 0.490 e. The topological polar surface area (TPSA) is 117 Å². The summed E-state index contributed by atoms with van der Waals surface area (Å²) in [5.41, 5.74) is 4.29. The molecule has 2 heterocycles. The van der Waals surface area contributed by atoms with E-state index in [0.717, 1.165) is 22.3 Å². The highest BCUT2D eigenvalue weighted by Crippen LogP contribution is 2.28. The van der Waals surface area contributed by atoms with E-state index in [-0.39, 0.29) is 59.6 Å². The number of rotatable bonds is 6. The van der Waals surface area contributed by atoms with Crippen molar-refractivity contribution in [2.45, 2.75) is 88.7 Å². The molecule has 2 aliphatic heterocycles. The van der Waals surface area contributed by atoms with E-state index in [1.165, 1.54) is 34.1 Å². The molecule has 6 aromatic rings. The molecule has 4 amide bonds. The summed E-state index contributed by atoms with van der Waals surface area (Å²) in [6.45, 7) is 3.91. The van der Waals surface area contributed by atoms with Crippen molar-refractivity contribution in [2.75, 3.05) is 14.1 Å². The van der Waals surface area contributed by atoms with Crippen LogP contribution >= 0.6 is 0 Å². The molecule has 372 valence electrons. The van der Waals surface area contributed by atoms with E-state index in [0.29, 0.717) is 61.2 Å². The Balaban J connectivity index is 0.000000211. The summed E-state index contributed by atoms with van der Waals surface area (Å²) in [5, 5.41) is 6.25. The Hall–Kier alpha value is -7.86. The summed E-state index contributed by atoms with van der Waals surface area (Å²) in [6.07, 6.45) is 10.8. The van der Waals surface area contributed by atoms with Crippen molar-refractivity contribution < 1.29 is 37.4 Å². The van der Waals surface area contributed by atoms with Gasteiger partial charge in [0, 0.05) is 39.8 Å². The summed E-state index contributed by atoms with van der Waals surface area (Å²) < 4.78 is 39.4. The molecule has 0 aromatic heterocycles. The molecule has 8 rings (SSSR count). The number of halogens is 2. The zero-order chi connectivity index (χ0) is 51.0. The van der Waals surface area contributed by atoms with E-state index in [2.05, 4.69) is 10.6 Å². The molecule has 0 spiro atoms. The van der Waals surface area contributed by atoms with Gasteiger partial charge in [0.25, 0.3) is 11.8 Å². The molecule has 6 atom stereocenters. The lowest BCUT2D eigenvalue weighted by Crippen LogP contribution is -2.49. The molecule has 0 fully saturated rings. The lowest BCUT2D eigenvalue weighted by Gasteiger charge is -2.30. The Morgan fingerprint density at radius 1 is 0.458 bits per heavy atom. The van der Waals surface area contributed by atoms with Crippen LogP contribution in [0.15, 0.2) is 182 Å². The lowest BCUT2D eigenvalue weighted by molar-refractivity contribution is -0.126. The summed E-state index contributed by atoms with van der Waals surface area (Å²) in [6, 6.07) is 43.5. The van der Waals surface area contributed by atoms with Crippen LogP contribution in [-0.2, 0) is 22.4 Å². The Kier molecular flexibility index (Phi) is 18.3. The number of benzene rings is 6. The first-order valence-electron chi connectivity index (χ1n) is 24.4. The Morgan fingerprint density at radius 2 is 0.792 bits per heavy atom. The van der Waals surface area contributed by atoms with Crippen molar-refractivity contribution in [1.82, 2.24) is 20.4 Å². The highest BCUT2D eigenvalue weighted by Gasteiger charge is 2.33. The predicted octanol–water partition coefficient (Wildman–Crippen LogP) is 11.0. The molecule has 10 nitrogen and oxygen atoms in total. The van der Waals surface area contributed by atoms with E-state index in [9.17, 15) is 28.0 Å². The quantitative estimate of drug-likeness (QED) is 0.161. The van der Waals surface area contributed by atoms with E-state index >= 15 is 0 Å². The standard InChI is InChI=1S/2C30H31FN2O3/c2*1-21-10-6-8-14-26(23-16-18-24(31)19-17-23)32-29(34)27(20-22-11-4-3-5-12-22)33(2)30(35)25-13-7-9-15-28(25)36-21/h2*3-9,11-13,15-19,21,26-27H,10,14,20H2,1-2H3,(H,32,34)/b8-6+;8-6-/t2*21-,26-,27-/m11/s1. The first-order valence-corrected chi connectivity index (χ1v) is 24.4. The van der Waals surface area contributed by atoms with Gasteiger partial charge in [-0.15, -0.1) is 0 Å². The van der Waals surface area contributed by atoms with E-state index < -0.39 is 12.1 Å². The molecule has 0 aliphatic carbocycles. The van der Waals surface area contributed by atoms with Crippen LogP contribution in [0.25, 0.3) is 0 Å². The van der Waals surface area contributed by atoms with Crippen LogP contribution in [0.4, 0.5) is 8.78 Å². The van der Waals surface area contributed by atoms with E-state index in [4.69, 9.17) is 9.47 Å². The molecular formula is C60H62F2N4O6. The van der Waals surface area contributed by atoms with Gasteiger partial charge < -0.3 is 29.9 Å². The summed E-state index contributed by atoms with van der Waals surface area (Å²) in [5.74, 6) is -0.815. The van der Waals surface area contributed by atoms with Gasteiger partial charge in [0.1, 0.15) is 35.2 Å². The minimum Gasteiger partial charge on any atom is -0.490 e. The second-order valence-electron chi connectivity index (χ2n) is 18.2. The van der Waals surface area contributed by atoms with Gasteiger partial charge in [-0.3, -0.25) is 19.2 Å². The number of carbonyl (C=O) groups is 4. The van der Waals surface area contributed by atoms with E-state index in [1.807, 2.05) is 111 Å². The van der Waals surface area contributed by atoms with Gasteiger partial charge in [0.05, 0.1) is 35.4 Å². The first kappa shape index (κ1) is 52.0. The molecule has 0 saturated heterocycles. The van der Waals surface area contributed by atoms with Crippen molar-refractivity contribution in [2.24, 2.45) is 0 Å². The zero-order valence-electron chi connectivity index (χ0n) is 41.1. The minimum absolute atomic E-state index is 0.151. The Bertz CT molecular complexity index is 2610. The SMILES string of the molecule is C[C@@H]1C/C=C/C[C@H](c2ccc(F)cc2)NC(=O)[C@@H](Cc2ccccc2)N(C)C(=O)c2ccccc2O1.C[C@@H]1C/C=C\C[C@H](c2ccc(F)cc2)NC(=O)[C@@H](Cc2ccccc2)N(C)C(=O)c2ccccc2O1. The Labute approximate surface area is 421 Å². The number of hydrogen-bond donors (Lipinski definition) is 2. The number of carbonyl (C=O) groups excluding carboxylic acids is 4. The van der Waals surface area contributed by atoms with Crippen molar-refractivity contribution >= 4 is 23.6 Å². The van der Waals surface area contributed by atoms with Gasteiger partial charge >= 0.3 is 0 Å². The van der Waals surface area contributed by atoms with Crippen LogP contribution < -0.4 is 20.1 Å². The van der Waals surface area contributed by atoms with Gasteiger partial charge in [0.15, 0.2) is 0 Å². The third-order valence-corrected chi connectivity index (χ3v) is 12.8. The van der Waals surface area contributed by atoms with Gasteiger partial charge in [-0.1, -0.05) is 133 Å². The number of ether oxygens (including phenoxy) is 2. The number of likely N-dealkylation sites (N-methyl/N-ethyl adjacent to an activating group) is 2. The number of nitrogens with one attached hydrogen (secondary N) is 2. The van der Waals surface area contributed by atoms with Crippen molar-refractivity contribution in [1.29, 1.82) is 0 Å². The number of fused-ring (bicyclic) bond motifs is 2. The second kappa shape index (κ2) is 25.3. The van der Waals surface area contributed by atoms with Crippen LogP contribution in [-0.4, -0.2) is 71.8 Å². The fraction of sp³-hybridized carbons (Fsp3) is 0.267. The predicted molar refractivity (Wildman–Crippen MR) is 276 cm³/mol. The maximum atomic E-state index is 13.7. The van der Waals surface area contributed by atoms with Crippen molar-refractivity contribution in [3.05, 3.63) is 227 Å². The minimum atomic E-state index is -0.764. The number of amides is 4. The molecule has 12 heteroatoms. The maximum absolute atomic E-state index is 13.7. The van der Waals surface area contributed by atoms with Crippen LogP contribution in [0.2, 0.25) is 0 Å². The van der Waals surface area contributed by atoms with Gasteiger partial charge in [-0.05, 0) is 97.5 Å². The third kappa shape index (κ3) is 14.1. The lowest BCUT2D eigenvalue weighted by atomic mass is 9.99. The smallest absolute Gasteiger partial charge is 0.258 e. The van der Waals surface area contributed by atoms with Gasteiger partial charge in [0.2, 0.25) is 11.8 Å². The fourth-order valence-electron chi connectivity index (χ4n) is 8.69. The molecule has 72 heavy (non-hydrogen) atoms. The molecule has 0 saturated carbocycles. The average Bonchev–Trinajstić information content (AvgIpc) is 3.39. The van der Waals surface area contributed by atoms with Crippen LogP contribution in [0, 0.1) is 11.6 Å². The normalized spacial score (nSPS) is 22.1. The molecule has 0 radical (unpaired) electrons. The first-order chi connectivity index (χ1) is 34.8. The maximum Gasteiger partial charge on any atom is 0.258 e. The monoisotopic (exact) mass is 972 g/mol. The second-order valence-corrected chi connectivity index (χ2v) is 18.2. The molecule has 2 aliphatic rings. The average molecular weight is 973 g/mol. The molecule has 0 bridgehead atoms. The number of nitrogens with zero attached hydrogens (tertiary/aromatic N) is 2. The fourth-order valence-corrected chi connectivity index (χ4v) is 8.69. The van der Waals surface area contributed by atoms with Crippen molar-refractivity contribution in [3.8, 4) is 11.5 Å². The molecule has 0 unspecified atom stereocenters. The summed E-state index contributed by atoms with van der Waals surface area (Å²) in [7, 11) is 3.29. The number of para-hydroxylation sites is 2. The Morgan fingerprint density at radius 3 is 1.17 bits per heavy atom. The molecular weight excluding hydrogens is 911 g/mol. The summed E-state index contributed by atoms with van der Waals surface area (Å²) >= 11 is 0. The van der Waals surface area contributed by atoms with Crippen LogP contribution in [0.5, 0.6) is 11.5 Å². The summed E-state index contributed by atoms with van der Waals surface area (Å²) in [4.78, 5) is 57.7. The van der Waals surface area contributed by atoms with Crippen LogP contribution in [0.1, 0.15) is 94.6 Å². The van der Waals surface area contributed by atoms with Gasteiger partial charge in [-0.25, -0.2) is 8.78 Å². The van der Waals surface area contributed by atoms with Crippen LogP contribution in [0.3, 0.4) is 0 Å². The molecule has 6 aromatic carbocycles. The van der Waals surface area contributed by atoms with Crippen molar-refractivity contribution in [3.63, 3.8) is 0 Å². The number of hydrogen-bond acceptors (Lipinski definition) is 6. The zero-order valence-corrected chi connectivity index (χ0v) is 41.1. The highest BCUT2D eigenvalue weighted by atomic mass is 19.1.